The molecule has 2 nitrogen and oxygen atoms in total. The molecule has 15 heavy (non-hydrogen) atoms. The fourth-order valence-electron chi connectivity index (χ4n) is 1.77. The van der Waals surface area contributed by atoms with Gasteiger partial charge in [-0.25, -0.2) is 4.39 Å². The zero-order chi connectivity index (χ0) is 11.1. The van der Waals surface area contributed by atoms with Gasteiger partial charge in [0, 0.05) is 20.3 Å². The van der Waals surface area contributed by atoms with E-state index in [4.69, 9.17) is 9.84 Å². The number of benzene rings is 1. The molecule has 3 heteroatoms. The number of halogens is 1. The van der Waals surface area contributed by atoms with Crippen molar-refractivity contribution in [3.05, 3.63) is 35.6 Å². The summed E-state index contributed by atoms with van der Waals surface area (Å²) in [5.41, 5.74) is 1.24. The summed E-state index contributed by atoms with van der Waals surface area (Å²) < 4.78 is 17.9. The molecule has 1 aromatic carbocycles. The average molecular weight is 212 g/mol. The minimum atomic E-state index is -0.157. The van der Waals surface area contributed by atoms with Crippen molar-refractivity contribution >= 4 is 0 Å². The number of aliphatic hydroxyl groups excluding tert-OH is 1. The van der Waals surface area contributed by atoms with Gasteiger partial charge in [-0.1, -0.05) is 12.1 Å². The zero-order valence-electron chi connectivity index (χ0n) is 8.95. The summed E-state index contributed by atoms with van der Waals surface area (Å²) >= 11 is 0. The highest BCUT2D eigenvalue weighted by atomic mass is 19.1. The Morgan fingerprint density at radius 3 is 2.20 bits per heavy atom. The van der Waals surface area contributed by atoms with Gasteiger partial charge in [-0.05, 0) is 36.5 Å². The second kappa shape index (κ2) is 6.53. The van der Waals surface area contributed by atoms with Crippen LogP contribution in [-0.4, -0.2) is 25.4 Å². The zero-order valence-corrected chi connectivity index (χ0v) is 8.95. The third kappa shape index (κ3) is 3.61. The van der Waals surface area contributed by atoms with Crippen LogP contribution in [0.1, 0.15) is 24.3 Å². The first-order valence-electron chi connectivity index (χ1n) is 5.14. The Kier molecular flexibility index (Phi) is 5.29. The van der Waals surface area contributed by atoms with Crippen molar-refractivity contribution in [2.75, 3.05) is 20.3 Å². The van der Waals surface area contributed by atoms with Crippen molar-refractivity contribution in [3.63, 3.8) is 0 Å². The van der Waals surface area contributed by atoms with Gasteiger partial charge in [0.1, 0.15) is 5.82 Å². The summed E-state index contributed by atoms with van der Waals surface area (Å²) in [4.78, 5) is 0. The lowest BCUT2D eigenvalue weighted by Gasteiger charge is -2.22. The van der Waals surface area contributed by atoms with Gasteiger partial charge in [0.05, 0.1) is 0 Å². The molecule has 0 saturated carbocycles. The fourth-order valence-corrected chi connectivity index (χ4v) is 1.77. The maximum atomic E-state index is 12.6. The first kappa shape index (κ1) is 12.1. The molecule has 0 radical (unpaired) electrons. The van der Waals surface area contributed by atoms with Crippen LogP contribution in [-0.2, 0) is 4.74 Å². The molecule has 0 aliphatic carbocycles. The molecule has 1 N–H and O–H groups in total. The van der Waals surface area contributed by atoms with E-state index in [1.54, 1.807) is 0 Å². The number of hydrogen-bond donors (Lipinski definition) is 1. The van der Waals surface area contributed by atoms with Crippen LogP contribution in [0.25, 0.3) is 0 Å². The van der Waals surface area contributed by atoms with E-state index < -0.39 is 0 Å². The van der Waals surface area contributed by atoms with Crippen molar-refractivity contribution in [2.45, 2.75) is 18.8 Å². The van der Waals surface area contributed by atoms with Crippen molar-refractivity contribution in [2.24, 2.45) is 0 Å². The summed E-state index contributed by atoms with van der Waals surface area (Å²) in [6.45, 7) is 1.67. The smallest absolute Gasteiger partial charge is 0.123 e. The Bertz CT molecular complexity index is 265. The monoisotopic (exact) mass is 212 g/mol. The predicted octanol–water partition coefficient (Wildman–Crippen LogP) is 2.33. The minimum absolute atomic E-state index is 0.157. The van der Waals surface area contributed by atoms with Crippen molar-refractivity contribution in [3.8, 4) is 0 Å². The second-order valence-corrected chi connectivity index (χ2v) is 3.44. The van der Waals surface area contributed by atoms with Crippen LogP contribution in [0, 0.1) is 5.82 Å². The maximum absolute atomic E-state index is 12.6. The quantitative estimate of drug-likeness (QED) is 0.774. The molecule has 1 aromatic rings. The van der Waals surface area contributed by atoms with E-state index in [0.29, 0.717) is 5.92 Å². The Morgan fingerprint density at radius 2 is 1.67 bits per heavy atom. The number of aliphatic hydroxyl groups is 1. The normalized spacial score (nSPS) is 16.7. The summed E-state index contributed by atoms with van der Waals surface area (Å²) in [6, 6.07) is 6.83. The van der Waals surface area contributed by atoms with Gasteiger partial charge in [0.2, 0.25) is 0 Å². The summed E-state index contributed by atoms with van der Waals surface area (Å²) in [7, 11) is 1.00. The molecule has 1 heterocycles. The van der Waals surface area contributed by atoms with Crippen LogP contribution in [0.4, 0.5) is 4.39 Å². The van der Waals surface area contributed by atoms with Gasteiger partial charge in [-0.15, -0.1) is 0 Å². The highest BCUT2D eigenvalue weighted by Gasteiger charge is 2.15. The molecular formula is C12H17FO2. The van der Waals surface area contributed by atoms with Gasteiger partial charge < -0.3 is 9.84 Å². The molecule has 0 atom stereocenters. The van der Waals surface area contributed by atoms with Crippen LogP contribution in [0.2, 0.25) is 0 Å². The Labute approximate surface area is 89.7 Å². The van der Waals surface area contributed by atoms with E-state index in [9.17, 15) is 4.39 Å². The van der Waals surface area contributed by atoms with E-state index >= 15 is 0 Å². The molecule has 2 rings (SSSR count). The maximum Gasteiger partial charge on any atom is 0.123 e. The third-order valence-corrected chi connectivity index (χ3v) is 2.56. The minimum Gasteiger partial charge on any atom is -0.400 e. The molecule has 84 valence electrons. The molecule has 0 bridgehead atoms. The lowest BCUT2D eigenvalue weighted by molar-refractivity contribution is 0.0853. The largest absolute Gasteiger partial charge is 0.400 e. The average Bonchev–Trinajstić information content (AvgIpc) is 2.34. The van der Waals surface area contributed by atoms with Gasteiger partial charge in [0.15, 0.2) is 0 Å². The first-order chi connectivity index (χ1) is 7.36. The SMILES string of the molecule is CO.Fc1ccc(C2CCOCC2)cc1. The van der Waals surface area contributed by atoms with Crippen LogP contribution in [0.15, 0.2) is 24.3 Å². The highest BCUT2D eigenvalue weighted by molar-refractivity contribution is 5.20. The predicted molar refractivity (Wildman–Crippen MR) is 57.3 cm³/mol. The number of ether oxygens (including phenoxy) is 1. The van der Waals surface area contributed by atoms with Crippen LogP contribution in [0.3, 0.4) is 0 Å². The molecule has 0 aromatic heterocycles. The van der Waals surface area contributed by atoms with Crippen molar-refractivity contribution < 1.29 is 14.2 Å². The van der Waals surface area contributed by atoms with E-state index in [1.807, 2.05) is 12.1 Å². The van der Waals surface area contributed by atoms with Crippen LogP contribution >= 0.6 is 0 Å². The van der Waals surface area contributed by atoms with Gasteiger partial charge >= 0.3 is 0 Å². The molecule has 1 aliphatic rings. The highest BCUT2D eigenvalue weighted by Crippen LogP contribution is 2.26. The lowest BCUT2D eigenvalue weighted by Crippen LogP contribution is -2.13. The van der Waals surface area contributed by atoms with E-state index in [1.165, 1.54) is 17.7 Å². The van der Waals surface area contributed by atoms with E-state index in [2.05, 4.69) is 0 Å². The summed E-state index contributed by atoms with van der Waals surface area (Å²) in [5.74, 6) is 0.408. The van der Waals surface area contributed by atoms with Crippen molar-refractivity contribution in [1.82, 2.24) is 0 Å². The Hall–Kier alpha value is -0.930. The molecule has 0 amide bonds. The number of hydrogen-bond acceptors (Lipinski definition) is 2. The molecule has 0 unspecified atom stereocenters. The van der Waals surface area contributed by atoms with Gasteiger partial charge in [-0.3, -0.25) is 0 Å². The Morgan fingerprint density at radius 1 is 1.13 bits per heavy atom. The van der Waals surface area contributed by atoms with Crippen LogP contribution < -0.4 is 0 Å². The van der Waals surface area contributed by atoms with E-state index in [-0.39, 0.29) is 5.82 Å². The molecule has 1 saturated heterocycles. The molecular weight excluding hydrogens is 195 g/mol. The molecule has 0 spiro atoms. The number of rotatable bonds is 1. The third-order valence-electron chi connectivity index (χ3n) is 2.56. The Balaban J connectivity index is 0.000000531. The summed E-state index contributed by atoms with van der Waals surface area (Å²) in [5, 5.41) is 7.00. The first-order valence-corrected chi connectivity index (χ1v) is 5.14. The second-order valence-electron chi connectivity index (χ2n) is 3.44. The fraction of sp³-hybridized carbons (Fsp3) is 0.500. The standard InChI is InChI=1S/C11H13FO.CH4O/c12-11-3-1-9(2-4-11)10-5-7-13-8-6-10;1-2/h1-4,10H,5-8H2;2H,1H3. The van der Waals surface area contributed by atoms with Gasteiger partial charge in [0.25, 0.3) is 0 Å². The lowest BCUT2D eigenvalue weighted by atomic mass is 9.92. The molecule has 1 fully saturated rings. The molecule has 1 aliphatic heterocycles. The topological polar surface area (TPSA) is 29.5 Å². The summed E-state index contributed by atoms with van der Waals surface area (Å²) in [6.07, 6.45) is 2.12. The van der Waals surface area contributed by atoms with Crippen molar-refractivity contribution in [1.29, 1.82) is 0 Å². The van der Waals surface area contributed by atoms with Gasteiger partial charge in [-0.2, -0.15) is 0 Å². The van der Waals surface area contributed by atoms with E-state index in [0.717, 1.165) is 33.2 Å². The van der Waals surface area contributed by atoms with Crippen LogP contribution in [0.5, 0.6) is 0 Å².